The zero-order chi connectivity index (χ0) is 16.8. The Kier molecular flexibility index (Phi) is 5.31. The highest BCUT2D eigenvalue weighted by atomic mass is 16.5. The molecule has 1 aromatic heterocycles. The van der Waals surface area contributed by atoms with Gasteiger partial charge in [-0.3, -0.25) is 9.78 Å². The van der Waals surface area contributed by atoms with Gasteiger partial charge in [-0.15, -0.1) is 0 Å². The second kappa shape index (κ2) is 7.81. The number of aromatic nitrogens is 1. The number of hydrogen-bond donors (Lipinski definition) is 1. The molecule has 3 rings (SSSR count). The summed E-state index contributed by atoms with van der Waals surface area (Å²) in [4.78, 5) is 16.6. The lowest BCUT2D eigenvalue weighted by atomic mass is 9.95. The van der Waals surface area contributed by atoms with E-state index in [4.69, 9.17) is 9.47 Å². The maximum absolute atomic E-state index is 12.2. The van der Waals surface area contributed by atoms with E-state index in [9.17, 15) is 4.79 Å². The molecule has 0 saturated carbocycles. The summed E-state index contributed by atoms with van der Waals surface area (Å²) < 4.78 is 11.3. The van der Waals surface area contributed by atoms with E-state index < -0.39 is 0 Å². The van der Waals surface area contributed by atoms with Crippen LogP contribution in [-0.2, 0) is 17.6 Å². The van der Waals surface area contributed by atoms with Gasteiger partial charge in [0, 0.05) is 17.5 Å². The number of nitrogens with zero attached hydrogens (tertiary/aromatic N) is 1. The van der Waals surface area contributed by atoms with Crippen LogP contribution in [0.4, 0.5) is 5.69 Å². The zero-order valence-electron chi connectivity index (χ0n) is 13.9. The molecular formula is C19H22N2O3. The highest BCUT2D eigenvalue weighted by molar-refractivity contribution is 5.93. The average molecular weight is 326 g/mol. The van der Waals surface area contributed by atoms with E-state index in [2.05, 4.69) is 10.3 Å². The Morgan fingerprint density at radius 2 is 1.96 bits per heavy atom. The molecule has 0 saturated heterocycles. The molecule has 1 aromatic carbocycles. The first-order valence-corrected chi connectivity index (χ1v) is 8.39. The molecule has 5 heteroatoms. The maximum atomic E-state index is 12.2. The van der Waals surface area contributed by atoms with Crippen molar-refractivity contribution in [3.63, 3.8) is 0 Å². The summed E-state index contributed by atoms with van der Waals surface area (Å²) in [5, 5.41) is 2.84. The van der Waals surface area contributed by atoms with Gasteiger partial charge in [0.2, 0.25) is 0 Å². The number of ether oxygens (including phenoxy) is 2. The van der Waals surface area contributed by atoms with E-state index >= 15 is 0 Å². The zero-order valence-corrected chi connectivity index (χ0v) is 13.9. The van der Waals surface area contributed by atoms with Crippen molar-refractivity contribution in [1.29, 1.82) is 0 Å². The van der Waals surface area contributed by atoms with Gasteiger partial charge in [0.25, 0.3) is 5.91 Å². The summed E-state index contributed by atoms with van der Waals surface area (Å²) in [6, 6.07) is 9.22. The number of benzene rings is 1. The molecule has 5 nitrogen and oxygen atoms in total. The summed E-state index contributed by atoms with van der Waals surface area (Å²) in [6.45, 7) is 2.43. The van der Waals surface area contributed by atoms with Crippen LogP contribution in [0.15, 0.2) is 36.5 Å². The van der Waals surface area contributed by atoms with E-state index in [1.165, 1.54) is 0 Å². The van der Waals surface area contributed by atoms with Gasteiger partial charge in [0.15, 0.2) is 6.61 Å². The molecule has 1 heterocycles. The third-order valence-corrected chi connectivity index (χ3v) is 4.01. The number of anilines is 1. The Bertz CT molecular complexity index is 716. The van der Waals surface area contributed by atoms with Crippen LogP contribution in [0, 0.1) is 0 Å². The summed E-state index contributed by atoms with van der Waals surface area (Å²) in [5.41, 5.74) is 2.90. The Hall–Kier alpha value is -2.56. The first-order valence-electron chi connectivity index (χ1n) is 8.39. The van der Waals surface area contributed by atoms with E-state index in [-0.39, 0.29) is 12.5 Å². The minimum absolute atomic E-state index is 0.0308. The summed E-state index contributed by atoms with van der Waals surface area (Å²) in [7, 11) is 0. The van der Waals surface area contributed by atoms with Crippen molar-refractivity contribution in [1.82, 2.24) is 4.98 Å². The molecule has 1 aliphatic rings. The predicted octanol–water partition coefficient (Wildman–Crippen LogP) is 3.38. The monoisotopic (exact) mass is 326 g/mol. The number of hydrogen-bond acceptors (Lipinski definition) is 4. The van der Waals surface area contributed by atoms with Crippen LogP contribution in [0.5, 0.6) is 11.5 Å². The van der Waals surface area contributed by atoms with Crippen LogP contribution >= 0.6 is 0 Å². The molecule has 2 aromatic rings. The summed E-state index contributed by atoms with van der Waals surface area (Å²) in [5.74, 6) is 1.23. The van der Waals surface area contributed by atoms with Crippen LogP contribution in [0.1, 0.15) is 31.0 Å². The number of carbonyl (C=O) groups excluding carboxylic acids is 1. The standard InChI is InChI=1S/C19H22N2O3/c1-2-23-18-10-6-5-9-16(18)21-19(22)13-24-17-11-12-20-15-8-4-3-7-14(15)17/h5-6,9-12H,2-4,7-8,13H2,1H3,(H,21,22). The van der Waals surface area contributed by atoms with Gasteiger partial charge >= 0.3 is 0 Å². The summed E-state index contributed by atoms with van der Waals surface area (Å²) in [6.07, 6.45) is 6.01. The molecule has 1 N–H and O–H groups in total. The van der Waals surface area contributed by atoms with Crippen LogP contribution in [-0.4, -0.2) is 24.1 Å². The highest BCUT2D eigenvalue weighted by Crippen LogP contribution is 2.28. The molecule has 0 bridgehead atoms. The third-order valence-electron chi connectivity index (χ3n) is 4.01. The van der Waals surface area contributed by atoms with Crippen molar-refractivity contribution in [3.8, 4) is 11.5 Å². The topological polar surface area (TPSA) is 60.5 Å². The average Bonchev–Trinajstić information content (AvgIpc) is 2.62. The third kappa shape index (κ3) is 3.85. The van der Waals surface area contributed by atoms with Gasteiger partial charge in [0.1, 0.15) is 11.5 Å². The Morgan fingerprint density at radius 1 is 1.12 bits per heavy atom. The Morgan fingerprint density at radius 3 is 2.83 bits per heavy atom. The first-order chi connectivity index (χ1) is 11.8. The van der Waals surface area contributed by atoms with Crippen LogP contribution < -0.4 is 14.8 Å². The van der Waals surface area contributed by atoms with Crippen molar-refractivity contribution in [2.75, 3.05) is 18.5 Å². The number of amides is 1. The lowest BCUT2D eigenvalue weighted by Crippen LogP contribution is -2.21. The lowest BCUT2D eigenvalue weighted by Gasteiger charge is -2.18. The molecule has 24 heavy (non-hydrogen) atoms. The van der Waals surface area contributed by atoms with Crippen LogP contribution in [0.2, 0.25) is 0 Å². The van der Waals surface area contributed by atoms with Gasteiger partial charge in [-0.2, -0.15) is 0 Å². The molecule has 0 radical (unpaired) electrons. The van der Waals surface area contributed by atoms with Crippen molar-refractivity contribution < 1.29 is 14.3 Å². The fourth-order valence-corrected chi connectivity index (χ4v) is 2.91. The molecule has 1 aliphatic carbocycles. The Balaban J connectivity index is 1.63. The number of aryl methyl sites for hydroxylation is 1. The van der Waals surface area contributed by atoms with Crippen molar-refractivity contribution in [2.45, 2.75) is 32.6 Å². The fourth-order valence-electron chi connectivity index (χ4n) is 2.91. The van der Waals surface area contributed by atoms with Gasteiger partial charge < -0.3 is 14.8 Å². The number of nitrogens with one attached hydrogen (secondary N) is 1. The van der Waals surface area contributed by atoms with Crippen molar-refractivity contribution >= 4 is 11.6 Å². The minimum Gasteiger partial charge on any atom is -0.492 e. The second-order valence-corrected chi connectivity index (χ2v) is 5.71. The number of carbonyl (C=O) groups is 1. The molecule has 0 atom stereocenters. The highest BCUT2D eigenvalue weighted by Gasteiger charge is 2.16. The van der Waals surface area contributed by atoms with Crippen LogP contribution in [0.25, 0.3) is 0 Å². The molecule has 1 amide bonds. The first kappa shape index (κ1) is 16.3. The van der Waals surface area contributed by atoms with Crippen molar-refractivity contribution in [3.05, 3.63) is 47.8 Å². The minimum atomic E-state index is -0.205. The molecular weight excluding hydrogens is 304 g/mol. The Labute approximate surface area is 142 Å². The van der Waals surface area contributed by atoms with Crippen molar-refractivity contribution in [2.24, 2.45) is 0 Å². The van der Waals surface area contributed by atoms with Gasteiger partial charge in [-0.1, -0.05) is 12.1 Å². The SMILES string of the molecule is CCOc1ccccc1NC(=O)COc1ccnc2c1CCCC2. The van der Waals surface area contributed by atoms with Crippen LogP contribution in [0.3, 0.4) is 0 Å². The van der Waals surface area contributed by atoms with Gasteiger partial charge in [0.05, 0.1) is 12.3 Å². The van der Waals surface area contributed by atoms with Gasteiger partial charge in [-0.05, 0) is 50.8 Å². The number of para-hydroxylation sites is 2. The molecule has 0 unspecified atom stereocenters. The molecule has 126 valence electrons. The molecule has 0 spiro atoms. The number of rotatable bonds is 6. The largest absolute Gasteiger partial charge is 0.492 e. The van der Waals surface area contributed by atoms with Gasteiger partial charge in [-0.25, -0.2) is 0 Å². The number of pyridine rings is 1. The number of fused-ring (bicyclic) bond motifs is 1. The second-order valence-electron chi connectivity index (χ2n) is 5.71. The van der Waals surface area contributed by atoms with E-state index in [1.807, 2.05) is 37.3 Å². The molecule has 0 aliphatic heterocycles. The lowest BCUT2D eigenvalue weighted by molar-refractivity contribution is -0.118. The van der Waals surface area contributed by atoms with E-state index in [0.29, 0.717) is 18.0 Å². The maximum Gasteiger partial charge on any atom is 0.262 e. The fraction of sp³-hybridized carbons (Fsp3) is 0.368. The predicted molar refractivity (Wildman–Crippen MR) is 92.6 cm³/mol. The van der Waals surface area contributed by atoms with E-state index in [0.717, 1.165) is 42.7 Å². The molecule has 0 fully saturated rings. The summed E-state index contributed by atoms with van der Waals surface area (Å²) >= 11 is 0. The quantitative estimate of drug-likeness (QED) is 0.884. The van der Waals surface area contributed by atoms with E-state index in [1.54, 1.807) is 6.20 Å². The smallest absolute Gasteiger partial charge is 0.262 e. The normalized spacial score (nSPS) is 13.0.